The summed E-state index contributed by atoms with van der Waals surface area (Å²) in [7, 11) is 0. The Kier molecular flexibility index (Phi) is 4.22. The maximum Gasteiger partial charge on any atom is 0.119 e. The van der Waals surface area contributed by atoms with Gasteiger partial charge in [0.2, 0.25) is 0 Å². The first-order chi connectivity index (χ1) is 7.45. The maximum absolute atomic E-state index is 9.47. The molecule has 0 aliphatic heterocycles. The Morgan fingerprint density at radius 2 is 1.56 bits per heavy atom. The van der Waals surface area contributed by atoms with Gasteiger partial charge in [0.05, 0.1) is 0 Å². The van der Waals surface area contributed by atoms with Crippen LogP contribution in [0.5, 0.6) is 11.5 Å². The molecule has 0 unspecified atom stereocenters. The second-order valence-electron chi connectivity index (χ2n) is 5.08. The molecule has 0 spiro atoms. The number of rotatable bonds is 5. The summed E-state index contributed by atoms with van der Waals surface area (Å²) in [6.07, 6.45) is 4.69. The molecular formula is C14H22O2. The fraction of sp³-hybridized carbons (Fsp3) is 0.571. The lowest BCUT2D eigenvalue weighted by Crippen LogP contribution is -2.16. The SMILES string of the molecule is CCCCCC(C)(C)c1cc(O)cc(O)c1. The van der Waals surface area contributed by atoms with E-state index in [0.717, 1.165) is 12.0 Å². The van der Waals surface area contributed by atoms with Gasteiger partial charge in [-0.3, -0.25) is 0 Å². The molecule has 0 radical (unpaired) electrons. The van der Waals surface area contributed by atoms with Crippen LogP contribution in [-0.4, -0.2) is 10.2 Å². The van der Waals surface area contributed by atoms with Crippen LogP contribution in [0.2, 0.25) is 0 Å². The van der Waals surface area contributed by atoms with Crippen LogP contribution < -0.4 is 0 Å². The van der Waals surface area contributed by atoms with E-state index in [-0.39, 0.29) is 16.9 Å². The van der Waals surface area contributed by atoms with E-state index >= 15 is 0 Å². The number of unbranched alkanes of at least 4 members (excludes halogenated alkanes) is 2. The van der Waals surface area contributed by atoms with Gasteiger partial charge >= 0.3 is 0 Å². The molecular weight excluding hydrogens is 200 g/mol. The molecule has 2 N–H and O–H groups in total. The van der Waals surface area contributed by atoms with E-state index in [1.165, 1.54) is 25.3 Å². The highest BCUT2D eigenvalue weighted by Gasteiger charge is 2.21. The zero-order chi connectivity index (χ0) is 12.2. The maximum atomic E-state index is 9.47. The Hall–Kier alpha value is -1.18. The standard InChI is InChI=1S/C14H22O2/c1-4-5-6-7-14(2,3)11-8-12(15)10-13(16)9-11/h8-10,15-16H,4-7H2,1-3H3. The normalized spacial score (nSPS) is 11.7. The molecule has 1 rings (SSSR count). The van der Waals surface area contributed by atoms with Crippen LogP contribution in [0.4, 0.5) is 0 Å². The Morgan fingerprint density at radius 1 is 1.00 bits per heavy atom. The Labute approximate surface area is 97.9 Å². The van der Waals surface area contributed by atoms with Crippen LogP contribution in [0.3, 0.4) is 0 Å². The number of hydrogen-bond acceptors (Lipinski definition) is 2. The molecule has 0 saturated heterocycles. The van der Waals surface area contributed by atoms with Gasteiger partial charge in [0.1, 0.15) is 11.5 Å². The Morgan fingerprint density at radius 3 is 2.06 bits per heavy atom. The zero-order valence-corrected chi connectivity index (χ0v) is 10.5. The third kappa shape index (κ3) is 3.44. The fourth-order valence-electron chi connectivity index (χ4n) is 1.95. The molecule has 1 aromatic carbocycles. The zero-order valence-electron chi connectivity index (χ0n) is 10.5. The van der Waals surface area contributed by atoms with Gasteiger partial charge in [0.15, 0.2) is 0 Å². The summed E-state index contributed by atoms with van der Waals surface area (Å²) >= 11 is 0. The van der Waals surface area contributed by atoms with Crippen molar-refractivity contribution >= 4 is 0 Å². The first-order valence-corrected chi connectivity index (χ1v) is 5.99. The molecule has 0 fully saturated rings. The van der Waals surface area contributed by atoms with Crippen LogP contribution in [0.15, 0.2) is 18.2 Å². The number of phenolic OH excluding ortho intramolecular Hbond substituents is 2. The molecule has 0 aliphatic rings. The minimum Gasteiger partial charge on any atom is -0.508 e. The third-order valence-corrected chi connectivity index (χ3v) is 3.09. The van der Waals surface area contributed by atoms with Crippen molar-refractivity contribution in [3.63, 3.8) is 0 Å². The molecule has 0 aromatic heterocycles. The number of phenols is 2. The summed E-state index contributed by atoms with van der Waals surface area (Å²) in [5.41, 5.74) is 1.01. The van der Waals surface area contributed by atoms with Gasteiger partial charge in [-0.1, -0.05) is 40.0 Å². The van der Waals surface area contributed by atoms with Crippen LogP contribution in [0.25, 0.3) is 0 Å². The average Bonchev–Trinajstić information content (AvgIpc) is 2.16. The van der Waals surface area contributed by atoms with Gasteiger partial charge in [-0.25, -0.2) is 0 Å². The van der Waals surface area contributed by atoms with Crippen LogP contribution in [0.1, 0.15) is 52.0 Å². The third-order valence-electron chi connectivity index (χ3n) is 3.09. The molecule has 0 atom stereocenters. The lowest BCUT2D eigenvalue weighted by molar-refractivity contribution is 0.425. The van der Waals surface area contributed by atoms with E-state index < -0.39 is 0 Å². The minimum absolute atomic E-state index is 0.00535. The number of aromatic hydroxyl groups is 2. The van der Waals surface area contributed by atoms with E-state index in [1.54, 1.807) is 12.1 Å². The van der Waals surface area contributed by atoms with Crippen LogP contribution in [0, 0.1) is 0 Å². The van der Waals surface area contributed by atoms with Crippen molar-refractivity contribution < 1.29 is 10.2 Å². The van der Waals surface area contributed by atoms with E-state index in [1.807, 2.05) is 0 Å². The van der Waals surface area contributed by atoms with E-state index in [2.05, 4.69) is 20.8 Å². The Balaban J connectivity index is 2.80. The highest BCUT2D eigenvalue weighted by Crippen LogP contribution is 2.33. The first-order valence-electron chi connectivity index (χ1n) is 5.99. The van der Waals surface area contributed by atoms with Crippen molar-refractivity contribution in [1.82, 2.24) is 0 Å². The van der Waals surface area contributed by atoms with Crippen molar-refractivity contribution in [3.05, 3.63) is 23.8 Å². The molecule has 2 nitrogen and oxygen atoms in total. The van der Waals surface area contributed by atoms with Crippen molar-refractivity contribution in [2.45, 2.75) is 51.9 Å². The minimum atomic E-state index is 0.00535. The molecule has 0 heterocycles. The van der Waals surface area contributed by atoms with Gasteiger partial charge in [-0.05, 0) is 29.5 Å². The van der Waals surface area contributed by atoms with E-state index in [4.69, 9.17) is 0 Å². The van der Waals surface area contributed by atoms with Gasteiger partial charge in [-0.2, -0.15) is 0 Å². The molecule has 1 aromatic rings. The number of hydrogen-bond donors (Lipinski definition) is 2. The Bertz CT molecular complexity index is 322. The molecule has 0 saturated carbocycles. The smallest absolute Gasteiger partial charge is 0.119 e. The largest absolute Gasteiger partial charge is 0.508 e. The predicted octanol–water partition coefficient (Wildman–Crippen LogP) is 3.96. The van der Waals surface area contributed by atoms with Gasteiger partial charge in [0.25, 0.3) is 0 Å². The second kappa shape index (κ2) is 5.24. The van der Waals surface area contributed by atoms with Gasteiger partial charge in [0, 0.05) is 6.07 Å². The second-order valence-corrected chi connectivity index (χ2v) is 5.08. The topological polar surface area (TPSA) is 40.5 Å². The number of benzene rings is 1. The fourth-order valence-corrected chi connectivity index (χ4v) is 1.95. The lowest BCUT2D eigenvalue weighted by atomic mass is 9.80. The molecule has 90 valence electrons. The van der Waals surface area contributed by atoms with Gasteiger partial charge in [-0.15, -0.1) is 0 Å². The molecule has 16 heavy (non-hydrogen) atoms. The molecule has 0 amide bonds. The van der Waals surface area contributed by atoms with Crippen LogP contribution in [-0.2, 0) is 5.41 Å². The quantitative estimate of drug-likeness (QED) is 0.740. The van der Waals surface area contributed by atoms with Crippen LogP contribution >= 0.6 is 0 Å². The summed E-state index contributed by atoms with van der Waals surface area (Å²) in [5.74, 6) is 0.275. The highest BCUT2D eigenvalue weighted by molar-refractivity contribution is 5.39. The summed E-state index contributed by atoms with van der Waals surface area (Å²) < 4.78 is 0. The summed E-state index contributed by atoms with van der Waals surface area (Å²) in [6, 6.07) is 4.85. The van der Waals surface area contributed by atoms with Crippen molar-refractivity contribution in [3.8, 4) is 11.5 Å². The molecule has 0 bridgehead atoms. The van der Waals surface area contributed by atoms with Crippen molar-refractivity contribution in [1.29, 1.82) is 0 Å². The molecule has 0 aliphatic carbocycles. The lowest BCUT2D eigenvalue weighted by Gasteiger charge is -2.25. The van der Waals surface area contributed by atoms with Crippen molar-refractivity contribution in [2.75, 3.05) is 0 Å². The van der Waals surface area contributed by atoms with Gasteiger partial charge < -0.3 is 10.2 Å². The van der Waals surface area contributed by atoms with E-state index in [9.17, 15) is 10.2 Å². The summed E-state index contributed by atoms with van der Waals surface area (Å²) in [5, 5.41) is 18.9. The summed E-state index contributed by atoms with van der Waals surface area (Å²) in [6.45, 7) is 6.49. The summed E-state index contributed by atoms with van der Waals surface area (Å²) in [4.78, 5) is 0. The molecule has 2 heteroatoms. The van der Waals surface area contributed by atoms with E-state index in [0.29, 0.717) is 0 Å². The first kappa shape index (κ1) is 12.9. The van der Waals surface area contributed by atoms with Crippen molar-refractivity contribution in [2.24, 2.45) is 0 Å². The highest BCUT2D eigenvalue weighted by atomic mass is 16.3. The monoisotopic (exact) mass is 222 g/mol. The average molecular weight is 222 g/mol. The predicted molar refractivity (Wildman–Crippen MR) is 66.9 cm³/mol.